The summed E-state index contributed by atoms with van der Waals surface area (Å²) >= 11 is 0. The van der Waals surface area contributed by atoms with Gasteiger partial charge in [0.1, 0.15) is 0 Å². The topological polar surface area (TPSA) is 9.72 Å². The third kappa shape index (κ3) is 3.68. The number of piperidine rings is 1. The molecule has 2 aliphatic heterocycles. The monoisotopic (exact) mass is 333 g/mol. The second-order valence-corrected chi connectivity index (χ2v) is 10.2. The Morgan fingerprint density at radius 1 is 0.875 bits per heavy atom. The predicted octanol–water partition coefficient (Wildman–Crippen LogP) is 3.02. The molecule has 2 saturated heterocycles. The van der Waals surface area contributed by atoms with Gasteiger partial charge < -0.3 is 9.80 Å². The van der Waals surface area contributed by atoms with Crippen LogP contribution in [0.15, 0.2) is 0 Å². The van der Waals surface area contributed by atoms with Gasteiger partial charge in [-0.1, -0.05) is 13.8 Å². The average Bonchev–Trinajstić information content (AvgIpc) is 3.35. The van der Waals surface area contributed by atoms with Crippen LogP contribution in [0.25, 0.3) is 0 Å². The van der Waals surface area contributed by atoms with Crippen molar-refractivity contribution in [3.8, 4) is 0 Å². The first-order chi connectivity index (χ1) is 11.5. The van der Waals surface area contributed by atoms with Crippen molar-refractivity contribution in [3.05, 3.63) is 0 Å². The lowest BCUT2D eigenvalue weighted by Gasteiger charge is -2.37. The molecule has 2 saturated carbocycles. The fourth-order valence-electron chi connectivity index (χ4n) is 5.84. The van der Waals surface area contributed by atoms with Crippen molar-refractivity contribution in [1.29, 1.82) is 0 Å². The molecule has 2 aliphatic carbocycles. The molecular formula is C21H39N3. The van der Waals surface area contributed by atoms with Gasteiger partial charge in [-0.3, -0.25) is 4.90 Å². The SMILES string of the molecule is CC(C)CC1(CN2C[C@@H]3[C@@H](CN4CCN(C(C)C)CC4)[C@@H]3C2)CC1. The second-order valence-electron chi connectivity index (χ2n) is 10.2. The van der Waals surface area contributed by atoms with Gasteiger partial charge in [-0.2, -0.15) is 0 Å². The van der Waals surface area contributed by atoms with Crippen LogP contribution in [-0.4, -0.2) is 73.1 Å². The van der Waals surface area contributed by atoms with Crippen LogP contribution in [-0.2, 0) is 0 Å². The zero-order valence-electron chi connectivity index (χ0n) is 16.5. The third-order valence-corrected chi connectivity index (χ3v) is 7.41. The maximum atomic E-state index is 2.83. The van der Waals surface area contributed by atoms with Gasteiger partial charge in [-0.05, 0) is 62.2 Å². The first-order valence-corrected chi connectivity index (χ1v) is 10.6. The minimum Gasteiger partial charge on any atom is -0.302 e. The molecule has 0 N–H and O–H groups in total. The number of piperazine rings is 1. The molecule has 4 fully saturated rings. The normalized spacial score (nSPS) is 36.5. The van der Waals surface area contributed by atoms with E-state index < -0.39 is 0 Å². The minimum absolute atomic E-state index is 0.724. The van der Waals surface area contributed by atoms with Crippen molar-refractivity contribution >= 4 is 0 Å². The van der Waals surface area contributed by atoms with E-state index in [0.717, 1.165) is 35.1 Å². The molecule has 3 heteroatoms. The van der Waals surface area contributed by atoms with Crippen LogP contribution in [0.5, 0.6) is 0 Å². The number of likely N-dealkylation sites (tertiary alicyclic amines) is 1. The number of rotatable bonds is 7. The van der Waals surface area contributed by atoms with Gasteiger partial charge in [-0.15, -0.1) is 0 Å². The molecular weight excluding hydrogens is 294 g/mol. The van der Waals surface area contributed by atoms with Crippen molar-refractivity contribution in [3.63, 3.8) is 0 Å². The Labute approximate surface area is 149 Å². The Morgan fingerprint density at radius 3 is 2.00 bits per heavy atom. The smallest absolute Gasteiger partial charge is 0.0113 e. The Morgan fingerprint density at radius 2 is 1.50 bits per heavy atom. The van der Waals surface area contributed by atoms with Crippen LogP contribution in [0.1, 0.15) is 47.0 Å². The van der Waals surface area contributed by atoms with Crippen LogP contribution < -0.4 is 0 Å². The molecule has 0 spiro atoms. The van der Waals surface area contributed by atoms with E-state index >= 15 is 0 Å². The zero-order chi connectivity index (χ0) is 16.9. The first-order valence-electron chi connectivity index (χ1n) is 10.6. The van der Waals surface area contributed by atoms with Gasteiger partial charge in [0.15, 0.2) is 0 Å². The van der Waals surface area contributed by atoms with E-state index in [1.165, 1.54) is 71.6 Å². The highest BCUT2D eigenvalue weighted by atomic mass is 15.3. The molecule has 3 nitrogen and oxygen atoms in total. The molecule has 0 amide bonds. The molecule has 2 heterocycles. The third-order valence-electron chi connectivity index (χ3n) is 7.41. The van der Waals surface area contributed by atoms with Crippen molar-refractivity contribution in [2.75, 3.05) is 52.4 Å². The first kappa shape index (κ1) is 17.3. The van der Waals surface area contributed by atoms with Gasteiger partial charge in [0.2, 0.25) is 0 Å². The van der Waals surface area contributed by atoms with E-state index in [4.69, 9.17) is 0 Å². The molecule has 0 aromatic rings. The minimum atomic E-state index is 0.724. The molecule has 3 atom stereocenters. The largest absolute Gasteiger partial charge is 0.302 e. The molecule has 0 aromatic carbocycles. The lowest BCUT2D eigenvalue weighted by molar-refractivity contribution is 0.0995. The van der Waals surface area contributed by atoms with E-state index in [-0.39, 0.29) is 0 Å². The Hall–Kier alpha value is -0.120. The standard InChI is InChI=1S/C21H39N3/c1-16(2)11-21(5-6-21)15-23-13-19-18(20(19)14-23)12-22-7-9-24(10-8-22)17(3)4/h16-20H,5-15H2,1-4H3/t18-,19-,20+. The lowest BCUT2D eigenvalue weighted by Crippen LogP contribution is -2.49. The van der Waals surface area contributed by atoms with Crippen molar-refractivity contribution in [2.45, 2.75) is 53.0 Å². The summed E-state index contributed by atoms with van der Waals surface area (Å²) < 4.78 is 0. The van der Waals surface area contributed by atoms with Crippen LogP contribution in [0.3, 0.4) is 0 Å². The summed E-state index contributed by atoms with van der Waals surface area (Å²) in [6, 6.07) is 0.724. The highest BCUT2D eigenvalue weighted by Gasteiger charge is 2.57. The Kier molecular flexibility index (Phi) is 4.73. The molecule has 4 aliphatic rings. The average molecular weight is 334 g/mol. The summed E-state index contributed by atoms with van der Waals surface area (Å²) in [6.45, 7) is 20.3. The molecule has 0 radical (unpaired) electrons. The van der Waals surface area contributed by atoms with Gasteiger partial charge in [0, 0.05) is 58.4 Å². The molecule has 24 heavy (non-hydrogen) atoms. The lowest BCUT2D eigenvalue weighted by atomic mass is 9.93. The summed E-state index contributed by atoms with van der Waals surface area (Å²) in [5.74, 6) is 4.00. The van der Waals surface area contributed by atoms with Crippen LogP contribution >= 0.6 is 0 Å². The summed E-state index contributed by atoms with van der Waals surface area (Å²) in [6.07, 6.45) is 4.46. The second kappa shape index (κ2) is 6.55. The highest BCUT2D eigenvalue weighted by Crippen LogP contribution is 2.56. The molecule has 0 bridgehead atoms. The maximum Gasteiger partial charge on any atom is 0.0113 e. The quantitative estimate of drug-likeness (QED) is 0.709. The Bertz CT molecular complexity index is 422. The molecule has 4 rings (SSSR count). The number of hydrogen-bond donors (Lipinski definition) is 0. The molecule has 138 valence electrons. The van der Waals surface area contributed by atoms with Gasteiger partial charge >= 0.3 is 0 Å². The van der Waals surface area contributed by atoms with E-state index in [0.29, 0.717) is 0 Å². The highest BCUT2D eigenvalue weighted by molar-refractivity contribution is 5.08. The van der Waals surface area contributed by atoms with Crippen molar-refractivity contribution in [2.24, 2.45) is 29.1 Å². The number of nitrogens with zero attached hydrogens (tertiary/aromatic N) is 3. The Balaban J connectivity index is 1.17. The van der Waals surface area contributed by atoms with E-state index in [1.807, 2.05) is 0 Å². The summed E-state index contributed by atoms with van der Waals surface area (Å²) in [7, 11) is 0. The fraction of sp³-hybridized carbons (Fsp3) is 1.00. The van der Waals surface area contributed by atoms with Crippen LogP contribution in [0.2, 0.25) is 0 Å². The summed E-state index contributed by atoms with van der Waals surface area (Å²) in [5.41, 5.74) is 0.730. The maximum absolute atomic E-state index is 2.83. The molecule has 0 aromatic heterocycles. The number of hydrogen-bond acceptors (Lipinski definition) is 3. The van der Waals surface area contributed by atoms with Gasteiger partial charge in [-0.25, -0.2) is 0 Å². The molecule has 0 unspecified atom stereocenters. The zero-order valence-corrected chi connectivity index (χ0v) is 16.5. The number of fused-ring (bicyclic) bond motifs is 1. The van der Waals surface area contributed by atoms with E-state index in [1.54, 1.807) is 0 Å². The van der Waals surface area contributed by atoms with Crippen molar-refractivity contribution in [1.82, 2.24) is 14.7 Å². The summed E-state index contributed by atoms with van der Waals surface area (Å²) in [5, 5.41) is 0. The van der Waals surface area contributed by atoms with Crippen molar-refractivity contribution < 1.29 is 0 Å². The fourth-order valence-corrected chi connectivity index (χ4v) is 5.84. The van der Waals surface area contributed by atoms with E-state index in [9.17, 15) is 0 Å². The van der Waals surface area contributed by atoms with Gasteiger partial charge in [0.05, 0.1) is 0 Å². The summed E-state index contributed by atoms with van der Waals surface area (Å²) in [4.78, 5) is 8.22. The van der Waals surface area contributed by atoms with Crippen LogP contribution in [0.4, 0.5) is 0 Å². The van der Waals surface area contributed by atoms with Gasteiger partial charge in [0.25, 0.3) is 0 Å². The van der Waals surface area contributed by atoms with E-state index in [2.05, 4.69) is 42.4 Å². The predicted molar refractivity (Wildman–Crippen MR) is 101 cm³/mol. The van der Waals surface area contributed by atoms with Crippen LogP contribution in [0, 0.1) is 29.1 Å².